The number of carboxylic acid groups (broad SMARTS) is 1. The molecule has 0 aliphatic carbocycles. The predicted octanol–water partition coefficient (Wildman–Crippen LogP) is -1.13. The molecule has 3 heterocycles. The molecule has 14 nitrogen and oxygen atoms in total. The maximum Gasteiger partial charge on any atom is 0.365 e. The first kappa shape index (κ1) is 22.5. The molecule has 3 rings (SSSR count). The van der Waals surface area contributed by atoms with Crippen LogP contribution in [0.5, 0.6) is 0 Å². The van der Waals surface area contributed by atoms with Crippen molar-refractivity contribution in [2.24, 2.45) is 0 Å². The molecule has 1 fully saturated rings. The second kappa shape index (κ2) is 8.51. The molecule has 1 aliphatic rings. The largest absolute Gasteiger partial charge is 0.479 e. The number of imidazole rings is 1. The minimum Gasteiger partial charge on any atom is -0.479 e. The minimum absolute atomic E-state index is 0.0705. The molecule has 5 atom stereocenters. The third kappa shape index (κ3) is 4.44. The molecular weight excluding hydrogens is 425 g/mol. The van der Waals surface area contributed by atoms with Crippen LogP contribution in [0, 0.1) is 0 Å². The molecule has 2 aromatic rings. The van der Waals surface area contributed by atoms with E-state index in [0.29, 0.717) is 17.0 Å². The Balaban J connectivity index is 1.80. The average Bonchev–Trinajstić information content (AvgIpc) is 3.17. The number of aliphatic hydroxyl groups excluding tert-OH is 2. The van der Waals surface area contributed by atoms with Crippen LogP contribution in [-0.4, -0.2) is 87.4 Å². The molecule has 0 aromatic carbocycles. The Morgan fingerprint density at radius 3 is 2.60 bits per heavy atom. The van der Waals surface area contributed by atoms with Gasteiger partial charge in [-0.3, -0.25) is 9.13 Å². The van der Waals surface area contributed by atoms with Gasteiger partial charge in [-0.25, -0.2) is 19.7 Å². The van der Waals surface area contributed by atoms with Gasteiger partial charge in [-0.2, -0.15) is 0 Å². The highest BCUT2D eigenvalue weighted by Crippen LogP contribution is 2.42. The third-order valence-corrected chi connectivity index (χ3v) is 5.31. The zero-order chi connectivity index (χ0) is 22.2. The quantitative estimate of drug-likeness (QED) is 0.265. The summed E-state index contributed by atoms with van der Waals surface area (Å²) in [5.74, 6) is -3.82. The number of hydrogen-bond acceptors (Lipinski definition) is 10. The fourth-order valence-corrected chi connectivity index (χ4v) is 3.58. The Morgan fingerprint density at radius 1 is 1.30 bits per heavy atom. The summed E-state index contributed by atoms with van der Waals surface area (Å²) < 4.78 is 22.9. The van der Waals surface area contributed by atoms with Crippen LogP contribution in [-0.2, 0) is 18.8 Å². The van der Waals surface area contributed by atoms with Crippen molar-refractivity contribution >= 4 is 30.5 Å². The fraction of sp³-hybridized carbons (Fsp3) is 0.600. The summed E-state index contributed by atoms with van der Waals surface area (Å²) >= 11 is 0. The molecule has 6 N–H and O–H groups in total. The zero-order valence-corrected chi connectivity index (χ0v) is 16.8. The number of rotatable bonds is 8. The summed E-state index contributed by atoms with van der Waals surface area (Å²) in [6.07, 6.45) is -2.77. The second-order valence-electron chi connectivity index (χ2n) is 7.00. The summed E-state index contributed by atoms with van der Waals surface area (Å²) in [4.78, 5) is 41.6. The molecule has 0 amide bonds. The van der Waals surface area contributed by atoms with Crippen LogP contribution in [0.3, 0.4) is 0 Å². The number of nitrogens with zero attached hydrogens (tertiary/aromatic N) is 4. The van der Waals surface area contributed by atoms with Gasteiger partial charge in [0.2, 0.25) is 0 Å². The number of fused-ring (bicyclic) bond motifs is 1. The van der Waals surface area contributed by atoms with Gasteiger partial charge in [0.25, 0.3) is 5.85 Å². The summed E-state index contributed by atoms with van der Waals surface area (Å²) in [6.45, 7) is 3.15. The van der Waals surface area contributed by atoms with E-state index in [2.05, 4.69) is 20.3 Å². The van der Waals surface area contributed by atoms with Crippen molar-refractivity contribution in [3.63, 3.8) is 0 Å². The number of nitrogens with one attached hydrogen (secondary N) is 1. The maximum atomic E-state index is 11.2. The van der Waals surface area contributed by atoms with E-state index in [1.54, 1.807) is 0 Å². The van der Waals surface area contributed by atoms with Gasteiger partial charge in [0.05, 0.1) is 12.9 Å². The van der Waals surface area contributed by atoms with Crippen molar-refractivity contribution in [1.82, 2.24) is 19.5 Å². The fourth-order valence-electron chi connectivity index (χ4n) is 3.01. The van der Waals surface area contributed by atoms with Gasteiger partial charge in [0, 0.05) is 6.04 Å². The molecule has 0 radical (unpaired) electrons. The maximum absolute atomic E-state index is 11.2. The summed E-state index contributed by atoms with van der Waals surface area (Å²) in [7, 11) is -5.10. The first-order chi connectivity index (χ1) is 14.0. The number of aliphatic carboxylic acids is 1. The predicted molar refractivity (Wildman–Crippen MR) is 99.4 cm³/mol. The number of ether oxygens (including phenoxy) is 2. The molecule has 166 valence electrons. The van der Waals surface area contributed by atoms with Crippen molar-refractivity contribution in [3.8, 4) is 0 Å². The van der Waals surface area contributed by atoms with Gasteiger partial charge in [-0.1, -0.05) is 0 Å². The lowest BCUT2D eigenvalue weighted by atomic mass is 10.1. The standard InChI is InChI=1S/C15H22N5O9P/c1-6(2)19-11-8-12(17-4-16-11)20(5-18-8)13-10(22)9(21)7(29-13)3-28-15(14(23)24)30(25,26)27/h4-7,9-10,13,15,21-22H,3H2,1-2H3,(H,23,24)(H,16,17,19)(H2,25,26,27). The molecule has 1 saturated heterocycles. The summed E-state index contributed by atoms with van der Waals surface area (Å²) in [6, 6.07) is 0.0705. The molecule has 1 aliphatic heterocycles. The van der Waals surface area contributed by atoms with Crippen LogP contribution in [0.2, 0.25) is 0 Å². The first-order valence-corrected chi connectivity index (χ1v) is 10.5. The average molecular weight is 447 g/mol. The lowest BCUT2D eigenvalue weighted by Gasteiger charge is -2.19. The Morgan fingerprint density at radius 2 is 2.00 bits per heavy atom. The first-order valence-electron chi connectivity index (χ1n) is 8.86. The smallest absolute Gasteiger partial charge is 0.365 e. The van der Waals surface area contributed by atoms with E-state index in [4.69, 9.17) is 24.4 Å². The lowest BCUT2D eigenvalue weighted by molar-refractivity contribution is -0.149. The van der Waals surface area contributed by atoms with E-state index in [-0.39, 0.29) is 6.04 Å². The van der Waals surface area contributed by atoms with Gasteiger partial charge in [0.15, 0.2) is 23.2 Å². The van der Waals surface area contributed by atoms with E-state index in [9.17, 15) is 19.6 Å². The molecule has 0 bridgehead atoms. The second-order valence-corrected chi connectivity index (χ2v) is 8.65. The van der Waals surface area contributed by atoms with Crippen LogP contribution < -0.4 is 5.32 Å². The highest BCUT2D eigenvalue weighted by molar-refractivity contribution is 7.53. The van der Waals surface area contributed by atoms with Gasteiger partial charge in [-0.15, -0.1) is 0 Å². The van der Waals surface area contributed by atoms with Crippen molar-refractivity contribution in [2.45, 2.75) is 50.3 Å². The topological polar surface area (TPSA) is 209 Å². The number of aliphatic hydroxyl groups is 2. The Bertz CT molecular complexity index is 963. The van der Waals surface area contributed by atoms with Crippen LogP contribution >= 0.6 is 7.60 Å². The molecule has 15 heteroatoms. The van der Waals surface area contributed by atoms with E-state index in [1.807, 2.05) is 13.8 Å². The normalized spacial score (nSPS) is 25.7. The lowest BCUT2D eigenvalue weighted by Crippen LogP contribution is -2.36. The van der Waals surface area contributed by atoms with Crippen molar-refractivity contribution in [3.05, 3.63) is 12.7 Å². The molecule has 0 saturated carbocycles. The number of aromatic nitrogens is 4. The van der Waals surface area contributed by atoms with Gasteiger partial charge in [0.1, 0.15) is 24.6 Å². The Hall–Kier alpha value is -2.19. The van der Waals surface area contributed by atoms with E-state index >= 15 is 0 Å². The number of carbonyl (C=O) groups is 1. The number of hydrogen-bond donors (Lipinski definition) is 6. The minimum atomic E-state index is -5.10. The molecule has 2 aromatic heterocycles. The van der Waals surface area contributed by atoms with E-state index < -0.39 is 50.6 Å². The summed E-state index contributed by atoms with van der Waals surface area (Å²) in [5.41, 5.74) is 0.716. The van der Waals surface area contributed by atoms with E-state index in [0.717, 1.165) is 0 Å². The van der Waals surface area contributed by atoms with Crippen LogP contribution in [0.1, 0.15) is 20.1 Å². The Labute approximate surface area is 169 Å². The Kier molecular flexibility index (Phi) is 6.38. The van der Waals surface area contributed by atoms with E-state index in [1.165, 1.54) is 17.2 Å². The van der Waals surface area contributed by atoms with Gasteiger partial charge >= 0.3 is 13.6 Å². The van der Waals surface area contributed by atoms with Crippen molar-refractivity contribution in [2.75, 3.05) is 11.9 Å². The monoisotopic (exact) mass is 447 g/mol. The van der Waals surface area contributed by atoms with Gasteiger partial charge in [-0.05, 0) is 13.8 Å². The summed E-state index contributed by atoms with van der Waals surface area (Å²) in [5, 5.41) is 32.7. The van der Waals surface area contributed by atoms with Crippen molar-refractivity contribution in [1.29, 1.82) is 0 Å². The highest BCUT2D eigenvalue weighted by Gasteiger charge is 2.46. The SMILES string of the molecule is CC(C)Nc1ncnc2c1ncn2C1OC(COC(C(=O)O)P(=O)(O)O)C(O)C1O. The molecule has 0 spiro atoms. The molecule has 5 unspecified atom stereocenters. The zero-order valence-electron chi connectivity index (χ0n) is 15.9. The molecule has 30 heavy (non-hydrogen) atoms. The van der Waals surface area contributed by atoms with Crippen LogP contribution in [0.15, 0.2) is 12.7 Å². The number of carboxylic acids is 1. The third-order valence-electron chi connectivity index (χ3n) is 4.33. The van der Waals surface area contributed by atoms with Crippen LogP contribution in [0.4, 0.5) is 5.82 Å². The van der Waals surface area contributed by atoms with Crippen LogP contribution in [0.25, 0.3) is 11.2 Å². The van der Waals surface area contributed by atoms with Gasteiger partial charge < -0.3 is 39.9 Å². The molecular formula is C15H22N5O9P. The van der Waals surface area contributed by atoms with Crippen molar-refractivity contribution < 1.29 is 43.9 Å². The highest BCUT2D eigenvalue weighted by atomic mass is 31.2. The number of anilines is 1.